The molecule has 0 amide bonds. The van der Waals surface area contributed by atoms with E-state index in [0.717, 1.165) is 12.3 Å². The largest absolute Gasteiger partial charge is 0.0654 e. The Bertz CT molecular complexity index is 3040. The molecule has 466 valence electrons. The first-order valence-corrected chi connectivity index (χ1v) is 32.9. The van der Waals surface area contributed by atoms with Crippen molar-refractivity contribution in [2.24, 2.45) is 5.92 Å². The molecule has 0 aliphatic rings. The summed E-state index contributed by atoms with van der Waals surface area (Å²) in [6.07, 6.45) is 9.83. The molecule has 9 rings (SSSR count). The molecule has 0 spiro atoms. The molecule has 0 bridgehead atoms. The summed E-state index contributed by atoms with van der Waals surface area (Å²) in [7, 11) is 0. The van der Waals surface area contributed by atoms with E-state index in [1.165, 1.54) is 145 Å². The van der Waals surface area contributed by atoms with Gasteiger partial charge in [-0.25, -0.2) is 0 Å². The van der Waals surface area contributed by atoms with Crippen LogP contribution in [0.2, 0.25) is 0 Å². The van der Waals surface area contributed by atoms with Crippen LogP contribution in [0.3, 0.4) is 0 Å². The minimum atomic E-state index is 0.285. The first kappa shape index (κ1) is 76.1. The van der Waals surface area contributed by atoms with Gasteiger partial charge < -0.3 is 0 Å². The average molecular weight is 1160 g/mol. The molecule has 87 heavy (non-hydrogen) atoms. The summed E-state index contributed by atoms with van der Waals surface area (Å²) in [5.74, 6) is 2.12. The topological polar surface area (TPSA) is 0 Å². The second-order valence-electron chi connectivity index (χ2n) is 25.9. The summed E-state index contributed by atoms with van der Waals surface area (Å²) in [5, 5.41) is 0. The third kappa shape index (κ3) is 34.8. The van der Waals surface area contributed by atoms with E-state index < -0.39 is 0 Å². The Kier molecular flexibility index (Phi) is 37.4. The van der Waals surface area contributed by atoms with Gasteiger partial charge in [-0.1, -0.05) is 364 Å². The highest BCUT2D eigenvalue weighted by atomic mass is 14.2. The number of aryl methyl sites for hydroxylation is 12. The van der Waals surface area contributed by atoms with Crippen LogP contribution in [0.4, 0.5) is 0 Å². The maximum atomic E-state index is 2.27. The Morgan fingerprint density at radius 3 is 0.874 bits per heavy atom. The molecule has 0 aliphatic carbocycles. The normalized spacial score (nSPS) is 10.7. The Hall–Kier alpha value is -7.02. The van der Waals surface area contributed by atoms with Crippen LogP contribution in [0.5, 0.6) is 0 Å². The molecule has 0 heterocycles. The average Bonchev–Trinajstić information content (AvgIpc) is 3.70. The van der Waals surface area contributed by atoms with Gasteiger partial charge in [0.2, 0.25) is 0 Å². The first-order chi connectivity index (χ1) is 41.3. The van der Waals surface area contributed by atoms with Crippen molar-refractivity contribution < 1.29 is 0 Å². The molecule has 0 N–H and O–H groups in total. The van der Waals surface area contributed by atoms with Gasteiger partial charge in [-0.3, -0.25) is 0 Å². The van der Waals surface area contributed by atoms with Crippen molar-refractivity contribution in [1.82, 2.24) is 0 Å². The molecule has 0 aromatic heterocycles. The fourth-order valence-electron chi connectivity index (χ4n) is 8.83. The van der Waals surface area contributed by atoms with Gasteiger partial charge in [0.25, 0.3) is 0 Å². The zero-order valence-corrected chi connectivity index (χ0v) is 58.7. The van der Waals surface area contributed by atoms with E-state index in [-0.39, 0.29) is 5.41 Å². The standard InChI is InChI=1S/C14H14.4C11H16.2C10H14.C9H12/c1-11-3-7-13(8-4-11)14-9-5-12(2)6-10-14;1-9-5-7-10(8-6-9)11(2,3)4;1-9(2)8-11-6-4-10(3)5-7-11;1-4-10(3)11-7-5-9(2)6-8-11;1-3-4-5-11-8-6-10(2)7-9-11;1-8(2)10-6-4-9(3)5-7-10;1-3-4-10-7-5-9(2)6-8-10;1-3-9-6-4-8(2)5-7-9/h3-10H,1-2H3;5-8H,1-4H3;4-7,9H,8H2,1-3H3;5-8,10H,4H2,1-3H3;6-9H,3-5H2,1-2H3;4-8H,1-3H3;5-8H,3-4H2,1-2H3;4-7H,3H2,1-2H3. The number of hydrogen-bond acceptors (Lipinski definition) is 0. The molecule has 0 fully saturated rings. The molecule has 0 aliphatic heterocycles. The highest BCUT2D eigenvalue weighted by Crippen LogP contribution is 2.23. The van der Waals surface area contributed by atoms with Crippen LogP contribution in [0.15, 0.2) is 218 Å². The molecule has 1 atom stereocenters. The van der Waals surface area contributed by atoms with E-state index in [9.17, 15) is 0 Å². The fraction of sp³-hybridized carbons (Fsp3) is 0.379. The number of unbranched alkanes of at least 4 members (excludes halogenated alkanes) is 1. The van der Waals surface area contributed by atoms with Crippen molar-refractivity contribution in [3.8, 4) is 11.1 Å². The lowest BCUT2D eigenvalue weighted by Crippen LogP contribution is -2.10. The monoisotopic (exact) mass is 1160 g/mol. The molecule has 9 aromatic carbocycles. The van der Waals surface area contributed by atoms with E-state index in [0.29, 0.717) is 11.8 Å². The predicted octanol–water partition coefficient (Wildman–Crippen LogP) is 25.9. The van der Waals surface area contributed by atoms with Gasteiger partial charge in [0, 0.05) is 0 Å². The molecule has 0 nitrogen and oxygen atoms in total. The predicted molar refractivity (Wildman–Crippen MR) is 392 cm³/mol. The van der Waals surface area contributed by atoms with Crippen molar-refractivity contribution in [2.75, 3.05) is 0 Å². The van der Waals surface area contributed by atoms with Gasteiger partial charge >= 0.3 is 0 Å². The highest BCUT2D eigenvalue weighted by Gasteiger charge is 2.12. The smallest absolute Gasteiger partial charge is 0.0132 e. The number of rotatable bonds is 12. The van der Waals surface area contributed by atoms with E-state index >= 15 is 0 Å². The Morgan fingerprint density at radius 2 is 0.586 bits per heavy atom. The van der Waals surface area contributed by atoms with Crippen LogP contribution in [0.1, 0.15) is 210 Å². The van der Waals surface area contributed by atoms with Gasteiger partial charge in [0.05, 0.1) is 0 Å². The molecule has 0 radical (unpaired) electrons. The first-order valence-electron chi connectivity index (χ1n) is 32.9. The van der Waals surface area contributed by atoms with Gasteiger partial charge in [-0.05, 0) is 174 Å². The number of benzene rings is 9. The van der Waals surface area contributed by atoms with E-state index in [4.69, 9.17) is 0 Å². The molecule has 9 aromatic rings. The van der Waals surface area contributed by atoms with Gasteiger partial charge in [-0.15, -0.1) is 0 Å². The Balaban J connectivity index is 0.000000340. The van der Waals surface area contributed by atoms with Gasteiger partial charge in [0.1, 0.15) is 0 Å². The zero-order chi connectivity index (χ0) is 64.7. The summed E-state index contributed by atoms with van der Waals surface area (Å²) in [4.78, 5) is 0. The maximum absolute atomic E-state index is 2.27. The maximum Gasteiger partial charge on any atom is -0.0132 e. The van der Waals surface area contributed by atoms with Gasteiger partial charge in [0.15, 0.2) is 0 Å². The van der Waals surface area contributed by atoms with Crippen molar-refractivity contribution in [3.63, 3.8) is 0 Å². The summed E-state index contributed by atoms with van der Waals surface area (Å²) >= 11 is 0. The molecular weight excluding hydrogens is 1040 g/mol. The SMILES string of the molecule is CCC(C)c1ccc(C)cc1.CCCCc1ccc(C)cc1.CCCc1ccc(C)cc1.CCc1ccc(C)cc1.Cc1ccc(-c2ccc(C)cc2)cc1.Cc1ccc(C(C)(C)C)cc1.Cc1ccc(C(C)C)cc1.Cc1ccc(CC(C)C)cc1. The third-order valence-electron chi connectivity index (χ3n) is 15.2. The molecule has 0 heteroatoms. The summed E-state index contributed by atoms with van der Waals surface area (Å²) in [5.41, 5.74) is 24.9. The van der Waals surface area contributed by atoms with E-state index in [2.05, 4.69) is 364 Å². The quantitative estimate of drug-likeness (QED) is 0.114. The van der Waals surface area contributed by atoms with Crippen LogP contribution < -0.4 is 0 Å². The van der Waals surface area contributed by atoms with Crippen LogP contribution in [-0.4, -0.2) is 0 Å². The van der Waals surface area contributed by atoms with Crippen LogP contribution in [0, 0.1) is 68.2 Å². The second kappa shape index (κ2) is 42.8. The van der Waals surface area contributed by atoms with Crippen molar-refractivity contribution in [2.45, 2.75) is 214 Å². The van der Waals surface area contributed by atoms with Crippen LogP contribution in [0.25, 0.3) is 11.1 Å². The lowest BCUT2D eigenvalue weighted by atomic mass is 9.87. The van der Waals surface area contributed by atoms with Crippen LogP contribution >= 0.6 is 0 Å². The van der Waals surface area contributed by atoms with Crippen molar-refractivity contribution in [3.05, 3.63) is 307 Å². The summed E-state index contributed by atoms with van der Waals surface area (Å²) < 4.78 is 0. The van der Waals surface area contributed by atoms with Crippen LogP contribution in [-0.2, 0) is 31.1 Å². The Morgan fingerprint density at radius 1 is 0.299 bits per heavy atom. The van der Waals surface area contributed by atoms with E-state index in [1.54, 1.807) is 0 Å². The third-order valence-corrected chi connectivity index (χ3v) is 15.2. The summed E-state index contributed by atoms with van der Waals surface area (Å²) in [6, 6.07) is 78.6. The minimum Gasteiger partial charge on any atom is -0.0654 e. The molecule has 0 saturated heterocycles. The second-order valence-corrected chi connectivity index (χ2v) is 25.9. The number of hydrogen-bond donors (Lipinski definition) is 0. The van der Waals surface area contributed by atoms with Crippen molar-refractivity contribution >= 4 is 0 Å². The highest BCUT2D eigenvalue weighted by molar-refractivity contribution is 5.63. The fourth-order valence-corrected chi connectivity index (χ4v) is 8.83. The molecular formula is C87H118. The van der Waals surface area contributed by atoms with Crippen molar-refractivity contribution in [1.29, 1.82) is 0 Å². The van der Waals surface area contributed by atoms with Gasteiger partial charge in [-0.2, -0.15) is 0 Å². The Labute approximate surface area is 535 Å². The van der Waals surface area contributed by atoms with E-state index in [1.807, 2.05) is 0 Å². The molecule has 1 unspecified atom stereocenters. The summed E-state index contributed by atoms with van der Waals surface area (Å²) in [6.45, 7) is 45.8. The lowest BCUT2D eigenvalue weighted by molar-refractivity contribution is 0.590. The zero-order valence-electron chi connectivity index (χ0n) is 58.7. The lowest BCUT2D eigenvalue weighted by Gasteiger charge is -2.18. The minimum absolute atomic E-state index is 0.285. The molecule has 0 saturated carbocycles.